The number of carbonyl (C=O) groups excluding carboxylic acids is 2. The summed E-state index contributed by atoms with van der Waals surface area (Å²) in [6, 6.07) is 14.0. The second-order valence-corrected chi connectivity index (χ2v) is 7.88. The van der Waals surface area contributed by atoms with Crippen LogP contribution in [0.15, 0.2) is 48.5 Å². The highest BCUT2D eigenvalue weighted by molar-refractivity contribution is 6.39. The summed E-state index contributed by atoms with van der Waals surface area (Å²) in [5.41, 5.74) is 5.90. The summed E-state index contributed by atoms with van der Waals surface area (Å²) in [5, 5.41) is 0.416. The lowest BCUT2D eigenvalue weighted by Gasteiger charge is -2.11. The molecule has 0 aromatic heterocycles. The van der Waals surface area contributed by atoms with Crippen molar-refractivity contribution < 1.29 is 9.59 Å². The maximum atomic E-state index is 12.9. The zero-order chi connectivity index (χ0) is 20.6. The van der Waals surface area contributed by atoms with Crippen molar-refractivity contribution in [2.75, 3.05) is 0 Å². The smallest absolute Gasteiger partial charge is 0.194 e. The lowest BCUT2D eigenvalue weighted by Crippen LogP contribution is -2.07. The van der Waals surface area contributed by atoms with Crippen molar-refractivity contribution in [2.45, 2.75) is 27.7 Å². The zero-order valence-corrected chi connectivity index (χ0v) is 17.7. The number of hydrogen-bond acceptors (Lipinski definition) is 2. The summed E-state index contributed by atoms with van der Waals surface area (Å²) < 4.78 is 0. The predicted molar refractivity (Wildman–Crippen MR) is 115 cm³/mol. The molecule has 4 heteroatoms. The molecule has 0 bridgehead atoms. The van der Waals surface area contributed by atoms with Gasteiger partial charge in [0.2, 0.25) is 0 Å². The molecule has 0 N–H and O–H groups in total. The average molecular weight is 411 g/mol. The van der Waals surface area contributed by atoms with Crippen molar-refractivity contribution >= 4 is 34.8 Å². The first-order chi connectivity index (χ1) is 13.2. The Morgan fingerprint density at radius 1 is 0.571 bits per heavy atom. The van der Waals surface area contributed by atoms with E-state index in [2.05, 4.69) is 0 Å². The first-order valence-corrected chi connectivity index (χ1v) is 9.67. The molecular weight excluding hydrogens is 391 g/mol. The SMILES string of the molecule is Cc1ccc(C(=O)c2cc(Cl)c(C(=O)c3ccc(C)c(C)c3)cc2Cl)cc1C. The Kier molecular flexibility index (Phi) is 5.74. The van der Waals surface area contributed by atoms with Gasteiger partial charge in [0, 0.05) is 22.3 Å². The van der Waals surface area contributed by atoms with E-state index in [1.807, 2.05) is 52.0 Å². The van der Waals surface area contributed by atoms with E-state index < -0.39 is 0 Å². The highest BCUT2D eigenvalue weighted by Gasteiger charge is 2.20. The van der Waals surface area contributed by atoms with Gasteiger partial charge in [0.1, 0.15) is 0 Å². The Morgan fingerprint density at radius 3 is 1.25 bits per heavy atom. The maximum absolute atomic E-state index is 12.9. The van der Waals surface area contributed by atoms with E-state index in [1.165, 1.54) is 12.1 Å². The van der Waals surface area contributed by atoms with Gasteiger partial charge in [-0.15, -0.1) is 0 Å². The highest BCUT2D eigenvalue weighted by Crippen LogP contribution is 2.29. The van der Waals surface area contributed by atoms with E-state index in [-0.39, 0.29) is 32.7 Å². The van der Waals surface area contributed by atoms with Crippen LogP contribution in [0.4, 0.5) is 0 Å². The zero-order valence-electron chi connectivity index (χ0n) is 16.2. The number of carbonyl (C=O) groups is 2. The van der Waals surface area contributed by atoms with Crippen LogP contribution in [0.2, 0.25) is 10.0 Å². The maximum Gasteiger partial charge on any atom is 0.194 e. The van der Waals surface area contributed by atoms with Crippen LogP contribution in [0, 0.1) is 27.7 Å². The largest absolute Gasteiger partial charge is 0.289 e. The van der Waals surface area contributed by atoms with Crippen LogP contribution in [-0.2, 0) is 0 Å². The summed E-state index contributed by atoms with van der Waals surface area (Å²) in [5.74, 6) is -0.444. The molecule has 0 aliphatic rings. The van der Waals surface area contributed by atoms with Crippen LogP contribution >= 0.6 is 23.2 Å². The van der Waals surface area contributed by atoms with Gasteiger partial charge < -0.3 is 0 Å². The van der Waals surface area contributed by atoms with E-state index in [9.17, 15) is 9.59 Å². The third-order valence-electron chi connectivity index (χ3n) is 5.08. The number of halogens is 2. The fraction of sp³-hybridized carbons (Fsp3) is 0.167. The van der Waals surface area contributed by atoms with Gasteiger partial charge in [-0.05, 0) is 74.2 Å². The molecule has 0 unspecified atom stereocenters. The third-order valence-corrected chi connectivity index (χ3v) is 5.71. The minimum absolute atomic E-state index is 0.208. The molecule has 0 atom stereocenters. The summed E-state index contributed by atoms with van der Waals surface area (Å²) in [6.07, 6.45) is 0. The summed E-state index contributed by atoms with van der Waals surface area (Å²) in [7, 11) is 0. The van der Waals surface area contributed by atoms with E-state index in [0.29, 0.717) is 11.1 Å². The molecule has 0 aliphatic heterocycles. The number of rotatable bonds is 4. The van der Waals surface area contributed by atoms with Gasteiger partial charge >= 0.3 is 0 Å². The normalized spacial score (nSPS) is 10.8. The second-order valence-electron chi connectivity index (χ2n) is 7.07. The summed E-state index contributed by atoms with van der Waals surface area (Å²) >= 11 is 12.7. The first kappa shape index (κ1) is 20.3. The molecule has 28 heavy (non-hydrogen) atoms. The van der Waals surface area contributed by atoms with Gasteiger partial charge in [0.25, 0.3) is 0 Å². The molecule has 3 rings (SSSR count). The van der Waals surface area contributed by atoms with Crippen LogP contribution in [0.25, 0.3) is 0 Å². The average Bonchev–Trinajstić information content (AvgIpc) is 2.66. The monoisotopic (exact) mass is 410 g/mol. The molecule has 0 aliphatic carbocycles. The van der Waals surface area contributed by atoms with Crippen molar-refractivity contribution in [3.8, 4) is 0 Å². The van der Waals surface area contributed by atoms with Crippen molar-refractivity contribution in [3.05, 3.63) is 103 Å². The Labute approximate surface area is 175 Å². The molecule has 0 saturated carbocycles. The molecule has 142 valence electrons. The lowest BCUT2D eigenvalue weighted by molar-refractivity contribution is 0.102. The van der Waals surface area contributed by atoms with Crippen LogP contribution in [0.3, 0.4) is 0 Å². The van der Waals surface area contributed by atoms with Gasteiger partial charge in [0.05, 0.1) is 10.0 Å². The van der Waals surface area contributed by atoms with Crippen LogP contribution in [0.5, 0.6) is 0 Å². The van der Waals surface area contributed by atoms with Gasteiger partial charge in [0.15, 0.2) is 11.6 Å². The van der Waals surface area contributed by atoms with E-state index in [1.54, 1.807) is 12.1 Å². The fourth-order valence-corrected chi connectivity index (χ4v) is 3.47. The van der Waals surface area contributed by atoms with E-state index >= 15 is 0 Å². The van der Waals surface area contributed by atoms with Crippen molar-refractivity contribution in [2.24, 2.45) is 0 Å². The first-order valence-electron chi connectivity index (χ1n) is 8.92. The van der Waals surface area contributed by atoms with Crippen molar-refractivity contribution in [1.29, 1.82) is 0 Å². The number of benzene rings is 3. The molecule has 0 spiro atoms. The molecule has 0 saturated heterocycles. The van der Waals surface area contributed by atoms with Gasteiger partial charge in [-0.2, -0.15) is 0 Å². The standard InChI is InChI=1S/C24H20Cl2O2/c1-13-5-7-17(9-15(13)3)23(27)19-11-22(26)20(12-21(19)25)24(28)18-8-6-14(2)16(4)10-18/h5-12H,1-4H3. The Balaban J connectivity index is 2.00. The molecule has 2 nitrogen and oxygen atoms in total. The number of ketones is 2. The molecule has 0 radical (unpaired) electrons. The van der Waals surface area contributed by atoms with E-state index in [4.69, 9.17) is 23.2 Å². The van der Waals surface area contributed by atoms with Gasteiger partial charge in [-0.1, -0.05) is 47.5 Å². The molecular formula is C24H20Cl2O2. The molecule has 3 aromatic rings. The third kappa shape index (κ3) is 3.89. The Hall–Kier alpha value is -2.42. The Bertz CT molecular complexity index is 1020. The minimum atomic E-state index is -0.222. The van der Waals surface area contributed by atoms with Crippen LogP contribution in [-0.4, -0.2) is 11.6 Å². The highest BCUT2D eigenvalue weighted by atomic mass is 35.5. The molecule has 0 amide bonds. The van der Waals surface area contributed by atoms with Gasteiger partial charge in [-0.3, -0.25) is 9.59 Å². The van der Waals surface area contributed by atoms with Crippen molar-refractivity contribution in [3.63, 3.8) is 0 Å². The van der Waals surface area contributed by atoms with Crippen LogP contribution in [0.1, 0.15) is 54.1 Å². The number of hydrogen-bond donors (Lipinski definition) is 0. The molecule has 0 fully saturated rings. The van der Waals surface area contributed by atoms with Crippen molar-refractivity contribution in [1.82, 2.24) is 0 Å². The van der Waals surface area contributed by atoms with Gasteiger partial charge in [-0.25, -0.2) is 0 Å². The predicted octanol–water partition coefficient (Wildman–Crippen LogP) is 6.69. The fourth-order valence-electron chi connectivity index (χ4n) is 2.97. The molecule has 3 aromatic carbocycles. The quantitative estimate of drug-likeness (QED) is 0.448. The number of aryl methyl sites for hydroxylation is 4. The van der Waals surface area contributed by atoms with E-state index in [0.717, 1.165) is 22.3 Å². The van der Waals surface area contributed by atoms with Crippen LogP contribution < -0.4 is 0 Å². The topological polar surface area (TPSA) is 34.1 Å². The Morgan fingerprint density at radius 2 is 0.929 bits per heavy atom. The minimum Gasteiger partial charge on any atom is -0.289 e. The summed E-state index contributed by atoms with van der Waals surface area (Å²) in [4.78, 5) is 25.8. The lowest BCUT2D eigenvalue weighted by atomic mass is 9.95. The summed E-state index contributed by atoms with van der Waals surface area (Å²) in [6.45, 7) is 7.87. The second kappa shape index (κ2) is 7.90. The molecule has 0 heterocycles.